The Morgan fingerprint density at radius 1 is 1.03 bits per heavy atom. The molecule has 10 heteroatoms. The zero-order chi connectivity index (χ0) is 22.5. The molecule has 2 aromatic carbocycles. The van der Waals surface area contributed by atoms with Gasteiger partial charge in [-0.05, 0) is 41.5 Å². The van der Waals surface area contributed by atoms with Crippen LogP contribution >= 0.6 is 22.6 Å². The van der Waals surface area contributed by atoms with E-state index >= 15 is 0 Å². The van der Waals surface area contributed by atoms with Crippen molar-refractivity contribution in [3.05, 3.63) is 48.7 Å². The third-order valence-corrected chi connectivity index (χ3v) is 6.42. The zero-order valence-electron chi connectivity index (χ0n) is 16.8. The van der Waals surface area contributed by atoms with Gasteiger partial charge in [-0.3, -0.25) is 4.79 Å². The third kappa shape index (κ3) is 3.80. The summed E-state index contributed by atoms with van der Waals surface area (Å²) >= 11 is 2.33. The number of amides is 1. The second kappa shape index (κ2) is 7.98. The number of piperazine rings is 1. The van der Waals surface area contributed by atoms with Crippen LogP contribution in [0.5, 0.6) is 0 Å². The molecule has 0 atom stereocenters. The van der Waals surface area contributed by atoms with E-state index in [1.807, 2.05) is 18.2 Å². The Kier molecular flexibility index (Phi) is 5.26. The van der Waals surface area contributed by atoms with E-state index in [9.17, 15) is 18.0 Å². The van der Waals surface area contributed by atoms with Crippen molar-refractivity contribution in [3.63, 3.8) is 0 Å². The number of oxazole rings is 1. The first-order valence-corrected chi connectivity index (χ1v) is 11.5. The lowest BCUT2D eigenvalue weighted by atomic mass is 10.0. The number of halogens is 4. The summed E-state index contributed by atoms with van der Waals surface area (Å²) in [6.45, 7) is 0.399. The fraction of sp³-hybridized carbons (Fsp3) is 0.273. The monoisotopic (exact) mass is 554 g/mol. The molecule has 0 saturated carbocycles. The number of fused-ring (bicyclic) bond motifs is 2. The Morgan fingerprint density at radius 2 is 1.75 bits per heavy atom. The summed E-state index contributed by atoms with van der Waals surface area (Å²) in [6, 6.07) is 14.5. The first kappa shape index (κ1) is 21.1. The molecule has 1 aliphatic rings. The molecule has 0 radical (unpaired) electrons. The second-order valence-electron chi connectivity index (χ2n) is 7.63. The van der Waals surface area contributed by atoms with Crippen LogP contribution in [-0.2, 0) is 9.35 Å². The minimum absolute atomic E-state index is 0.0286. The first-order valence-electron chi connectivity index (χ1n) is 10.0. The molecule has 5 rings (SSSR count). The SMILES string of the molecule is O=C(N1CCN(c2nc3cc(-c4ccc5c(ccn5CI)c4)ccc3o2)CC1)C(F)(F)F. The molecule has 0 N–H and O–H groups in total. The van der Waals surface area contributed by atoms with Gasteiger partial charge in [0.1, 0.15) is 5.52 Å². The summed E-state index contributed by atoms with van der Waals surface area (Å²) in [5.74, 6) is -1.80. The number of carbonyl (C=O) groups excluding carboxylic acids is 1. The summed E-state index contributed by atoms with van der Waals surface area (Å²) in [7, 11) is 0. The molecule has 0 spiro atoms. The lowest BCUT2D eigenvalue weighted by molar-refractivity contribution is -0.185. The molecule has 6 nitrogen and oxygen atoms in total. The molecule has 4 aromatic rings. The predicted molar refractivity (Wildman–Crippen MR) is 124 cm³/mol. The summed E-state index contributed by atoms with van der Waals surface area (Å²) in [6.07, 6.45) is -2.78. The van der Waals surface area contributed by atoms with Gasteiger partial charge < -0.3 is 18.8 Å². The summed E-state index contributed by atoms with van der Waals surface area (Å²) < 4.78 is 46.8. The van der Waals surface area contributed by atoms with Crippen LogP contribution in [0.4, 0.5) is 19.2 Å². The van der Waals surface area contributed by atoms with Crippen LogP contribution in [-0.4, -0.2) is 52.7 Å². The molecule has 3 heterocycles. The van der Waals surface area contributed by atoms with Crippen molar-refractivity contribution < 1.29 is 22.4 Å². The summed E-state index contributed by atoms with van der Waals surface area (Å²) in [4.78, 5) is 18.5. The van der Waals surface area contributed by atoms with E-state index in [-0.39, 0.29) is 26.2 Å². The molecule has 0 unspecified atom stereocenters. The minimum Gasteiger partial charge on any atom is -0.423 e. The lowest BCUT2D eigenvalue weighted by Crippen LogP contribution is -2.52. The highest BCUT2D eigenvalue weighted by atomic mass is 127. The van der Waals surface area contributed by atoms with Gasteiger partial charge >= 0.3 is 12.1 Å². The fourth-order valence-corrected chi connectivity index (χ4v) is 4.59. The van der Waals surface area contributed by atoms with Gasteiger partial charge in [0.2, 0.25) is 0 Å². The van der Waals surface area contributed by atoms with Gasteiger partial charge in [-0.1, -0.05) is 34.7 Å². The summed E-state index contributed by atoms with van der Waals surface area (Å²) in [5.41, 5.74) is 4.53. The van der Waals surface area contributed by atoms with Gasteiger partial charge in [0.05, 0.1) is 4.55 Å². The molecular weight excluding hydrogens is 536 g/mol. The van der Waals surface area contributed by atoms with Gasteiger partial charge in [0.15, 0.2) is 5.58 Å². The van der Waals surface area contributed by atoms with E-state index in [4.69, 9.17) is 4.42 Å². The quantitative estimate of drug-likeness (QED) is 0.263. The first-order chi connectivity index (χ1) is 15.3. The minimum atomic E-state index is -4.85. The van der Waals surface area contributed by atoms with E-state index in [0.717, 1.165) is 26.0 Å². The van der Waals surface area contributed by atoms with E-state index in [1.165, 1.54) is 5.52 Å². The van der Waals surface area contributed by atoms with Crippen LogP contribution in [0.3, 0.4) is 0 Å². The maximum absolute atomic E-state index is 12.6. The number of alkyl halides is 4. The van der Waals surface area contributed by atoms with Gasteiger partial charge in [-0.15, -0.1) is 0 Å². The molecule has 2 aromatic heterocycles. The molecule has 0 bridgehead atoms. The number of aromatic nitrogens is 2. The topological polar surface area (TPSA) is 54.5 Å². The van der Waals surface area contributed by atoms with Crippen molar-refractivity contribution in [2.75, 3.05) is 31.1 Å². The molecule has 1 aliphatic heterocycles. The van der Waals surface area contributed by atoms with E-state index < -0.39 is 12.1 Å². The third-order valence-electron chi connectivity index (χ3n) is 5.69. The molecule has 166 valence electrons. The lowest BCUT2D eigenvalue weighted by Gasteiger charge is -2.34. The van der Waals surface area contributed by atoms with Crippen molar-refractivity contribution in [3.8, 4) is 11.1 Å². The number of anilines is 1. The van der Waals surface area contributed by atoms with Gasteiger partial charge in [0.25, 0.3) is 6.01 Å². The van der Waals surface area contributed by atoms with Crippen LogP contribution in [0.1, 0.15) is 0 Å². The average molecular weight is 554 g/mol. The van der Waals surface area contributed by atoms with Gasteiger partial charge in [-0.25, -0.2) is 0 Å². The van der Waals surface area contributed by atoms with Crippen LogP contribution in [0.25, 0.3) is 33.1 Å². The van der Waals surface area contributed by atoms with Crippen molar-refractivity contribution in [2.45, 2.75) is 10.7 Å². The van der Waals surface area contributed by atoms with Crippen LogP contribution < -0.4 is 4.90 Å². The number of nitrogens with zero attached hydrogens (tertiary/aromatic N) is 4. The summed E-state index contributed by atoms with van der Waals surface area (Å²) in [5, 5.41) is 1.16. The standard InChI is InChI=1S/C22H18F3IN4O2/c23-22(24,25)20(31)28-7-9-29(10-8-28)21-27-17-12-15(2-4-19(17)32-21)14-1-3-18-16(11-14)5-6-30(18)13-26/h1-6,11-12H,7-10,13H2. The Balaban J connectivity index is 1.36. The van der Waals surface area contributed by atoms with Gasteiger partial charge in [0, 0.05) is 43.3 Å². The molecule has 1 saturated heterocycles. The Labute approximate surface area is 194 Å². The molecule has 0 aliphatic carbocycles. The van der Waals surface area contributed by atoms with Crippen LogP contribution in [0.15, 0.2) is 53.1 Å². The van der Waals surface area contributed by atoms with Crippen LogP contribution in [0, 0.1) is 0 Å². The molecular formula is C22H18F3IN4O2. The number of benzene rings is 2. The highest BCUT2D eigenvalue weighted by Crippen LogP contribution is 2.30. The number of hydrogen-bond donors (Lipinski definition) is 0. The molecule has 1 amide bonds. The Morgan fingerprint density at radius 3 is 2.47 bits per heavy atom. The largest absolute Gasteiger partial charge is 0.471 e. The fourth-order valence-electron chi connectivity index (χ4n) is 3.99. The van der Waals surface area contributed by atoms with Crippen molar-refractivity contribution in [1.82, 2.24) is 14.5 Å². The Bertz CT molecular complexity index is 1310. The van der Waals surface area contributed by atoms with Gasteiger partial charge in [-0.2, -0.15) is 18.2 Å². The van der Waals surface area contributed by atoms with Crippen molar-refractivity contribution in [1.29, 1.82) is 0 Å². The number of hydrogen-bond acceptors (Lipinski definition) is 4. The van der Waals surface area contributed by atoms with Crippen LogP contribution in [0.2, 0.25) is 0 Å². The molecule has 1 fully saturated rings. The van der Waals surface area contributed by atoms with E-state index in [2.05, 4.69) is 62.6 Å². The maximum atomic E-state index is 12.6. The predicted octanol–water partition coefficient (Wildman–Crippen LogP) is 5.05. The number of carbonyl (C=O) groups is 1. The molecule has 32 heavy (non-hydrogen) atoms. The zero-order valence-corrected chi connectivity index (χ0v) is 18.9. The average Bonchev–Trinajstić information content (AvgIpc) is 3.40. The van der Waals surface area contributed by atoms with Crippen molar-refractivity contribution in [2.24, 2.45) is 0 Å². The Hall–Kier alpha value is -2.76. The maximum Gasteiger partial charge on any atom is 0.471 e. The van der Waals surface area contributed by atoms with E-state index in [0.29, 0.717) is 17.1 Å². The normalized spacial score (nSPS) is 15.1. The smallest absolute Gasteiger partial charge is 0.423 e. The highest BCUT2D eigenvalue weighted by molar-refractivity contribution is 14.1. The second-order valence-corrected chi connectivity index (χ2v) is 8.32. The highest BCUT2D eigenvalue weighted by Gasteiger charge is 2.43. The van der Waals surface area contributed by atoms with Crippen molar-refractivity contribution >= 4 is 56.5 Å². The van der Waals surface area contributed by atoms with E-state index in [1.54, 1.807) is 4.90 Å². The number of rotatable bonds is 3.